The fraction of sp³-hybridized carbons (Fsp3) is 0.167. The summed E-state index contributed by atoms with van der Waals surface area (Å²) in [6, 6.07) is 8.80. The van der Waals surface area contributed by atoms with Crippen LogP contribution >= 0.6 is 0 Å². The van der Waals surface area contributed by atoms with Crippen molar-refractivity contribution in [2.75, 3.05) is 0 Å². The van der Waals surface area contributed by atoms with Gasteiger partial charge in [-0.25, -0.2) is 0 Å². The molecule has 0 heterocycles. The Morgan fingerprint density at radius 2 is 1.71 bits per heavy atom. The van der Waals surface area contributed by atoms with E-state index in [0.29, 0.717) is 5.56 Å². The maximum absolute atomic E-state index is 11.7. The zero-order chi connectivity index (χ0) is 10.6. The van der Waals surface area contributed by atoms with Crippen LogP contribution in [0.25, 0.3) is 0 Å². The first-order valence-electron chi connectivity index (χ1n) is 4.43. The minimum atomic E-state index is -0.208. The molecule has 0 aliphatic carbocycles. The topological polar surface area (TPSA) is 34.1 Å². The fourth-order valence-corrected chi connectivity index (χ4v) is 1.24. The molecule has 0 fully saturated rings. The fourth-order valence-electron chi connectivity index (χ4n) is 1.24. The van der Waals surface area contributed by atoms with Crippen LogP contribution in [0.15, 0.2) is 42.0 Å². The molecule has 14 heavy (non-hydrogen) atoms. The molecule has 0 unspecified atom stereocenters. The third-order valence-electron chi connectivity index (χ3n) is 1.95. The van der Waals surface area contributed by atoms with Gasteiger partial charge in [-0.15, -0.1) is 0 Å². The number of Topliss-reactive ketones (excluding diaryl/α,β-unsaturated/α-hetero) is 2. The molecular weight excluding hydrogens is 176 g/mol. The van der Waals surface area contributed by atoms with Crippen LogP contribution in [-0.2, 0) is 4.79 Å². The number of hydrogen-bond donors (Lipinski definition) is 0. The average Bonchev–Trinajstić information content (AvgIpc) is 2.19. The highest BCUT2D eigenvalue weighted by Gasteiger charge is 2.14. The highest BCUT2D eigenvalue weighted by Crippen LogP contribution is 2.08. The van der Waals surface area contributed by atoms with E-state index in [1.54, 1.807) is 37.3 Å². The lowest BCUT2D eigenvalue weighted by atomic mass is 10.0. The van der Waals surface area contributed by atoms with Gasteiger partial charge in [-0.05, 0) is 13.8 Å². The lowest BCUT2D eigenvalue weighted by Crippen LogP contribution is -2.09. The van der Waals surface area contributed by atoms with Crippen molar-refractivity contribution in [3.63, 3.8) is 0 Å². The molecular formula is C12H12O2. The molecule has 72 valence electrons. The van der Waals surface area contributed by atoms with Gasteiger partial charge in [0.25, 0.3) is 0 Å². The molecule has 0 aromatic heterocycles. The number of benzene rings is 1. The Bertz CT molecular complexity index is 375. The van der Waals surface area contributed by atoms with E-state index in [4.69, 9.17) is 0 Å². The molecule has 0 radical (unpaired) electrons. The molecule has 1 aromatic rings. The number of allylic oxidation sites excluding steroid dienone is 2. The summed E-state index contributed by atoms with van der Waals surface area (Å²) < 4.78 is 0. The molecule has 0 atom stereocenters. The van der Waals surface area contributed by atoms with E-state index in [0.717, 1.165) is 0 Å². The van der Waals surface area contributed by atoms with E-state index in [9.17, 15) is 9.59 Å². The number of hydrogen-bond acceptors (Lipinski definition) is 2. The van der Waals surface area contributed by atoms with Gasteiger partial charge in [-0.1, -0.05) is 36.4 Å². The first kappa shape index (κ1) is 10.4. The second kappa shape index (κ2) is 4.51. The first-order chi connectivity index (χ1) is 6.66. The number of carbonyl (C=O) groups excluding carboxylic acids is 2. The standard InChI is InChI=1S/C12H12O2/c1-3-11(9(2)13)12(14)10-7-5-4-6-8-10/h3-8H,1-2H3/b11-3-. The first-order valence-corrected chi connectivity index (χ1v) is 4.43. The van der Waals surface area contributed by atoms with Crippen molar-refractivity contribution in [2.24, 2.45) is 0 Å². The predicted molar refractivity (Wildman–Crippen MR) is 55.2 cm³/mol. The highest BCUT2D eigenvalue weighted by atomic mass is 16.1. The lowest BCUT2D eigenvalue weighted by molar-refractivity contribution is -0.113. The quantitative estimate of drug-likeness (QED) is 0.316. The third kappa shape index (κ3) is 2.16. The summed E-state index contributed by atoms with van der Waals surface area (Å²) in [4.78, 5) is 22.8. The number of rotatable bonds is 3. The van der Waals surface area contributed by atoms with Crippen LogP contribution < -0.4 is 0 Å². The summed E-state index contributed by atoms with van der Waals surface area (Å²) in [6.07, 6.45) is 1.55. The van der Waals surface area contributed by atoms with Crippen LogP contribution in [0.5, 0.6) is 0 Å². The van der Waals surface area contributed by atoms with Gasteiger partial charge >= 0.3 is 0 Å². The Hall–Kier alpha value is -1.70. The van der Waals surface area contributed by atoms with Crippen molar-refractivity contribution in [1.82, 2.24) is 0 Å². The molecule has 0 amide bonds. The molecule has 0 aliphatic heterocycles. The smallest absolute Gasteiger partial charge is 0.196 e. The van der Waals surface area contributed by atoms with Gasteiger partial charge in [0, 0.05) is 5.56 Å². The minimum Gasteiger partial charge on any atom is -0.294 e. The number of ketones is 2. The lowest BCUT2D eigenvalue weighted by Gasteiger charge is -2.01. The van der Waals surface area contributed by atoms with Crippen LogP contribution in [0, 0.1) is 0 Å². The molecule has 0 saturated heterocycles. The van der Waals surface area contributed by atoms with Crippen molar-refractivity contribution in [2.45, 2.75) is 13.8 Å². The van der Waals surface area contributed by atoms with E-state index in [1.807, 2.05) is 6.07 Å². The zero-order valence-corrected chi connectivity index (χ0v) is 8.28. The maximum Gasteiger partial charge on any atom is 0.196 e. The Balaban J connectivity index is 3.02. The number of carbonyl (C=O) groups is 2. The van der Waals surface area contributed by atoms with E-state index >= 15 is 0 Å². The molecule has 0 spiro atoms. The van der Waals surface area contributed by atoms with Gasteiger partial charge in [0.15, 0.2) is 11.6 Å². The Labute approximate surface area is 83.3 Å². The molecule has 0 N–H and O–H groups in total. The van der Waals surface area contributed by atoms with Gasteiger partial charge in [-0.2, -0.15) is 0 Å². The summed E-state index contributed by atoms with van der Waals surface area (Å²) in [5.74, 6) is -0.401. The minimum absolute atomic E-state index is 0.193. The van der Waals surface area contributed by atoms with Crippen molar-refractivity contribution in [1.29, 1.82) is 0 Å². The van der Waals surface area contributed by atoms with E-state index < -0.39 is 0 Å². The summed E-state index contributed by atoms with van der Waals surface area (Å²) in [7, 11) is 0. The van der Waals surface area contributed by atoms with Gasteiger partial charge in [0.2, 0.25) is 0 Å². The van der Waals surface area contributed by atoms with Crippen LogP contribution in [-0.4, -0.2) is 11.6 Å². The molecule has 1 rings (SSSR count). The van der Waals surface area contributed by atoms with Gasteiger partial charge < -0.3 is 0 Å². The molecule has 2 nitrogen and oxygen atoms in total. The van der Waals surface area contributed by atoms with Gasteiger partial charge in [0.05, 0.1) is 5.57 Å². The summed E-state index contributed by atoms with van der Waals surface area (Å²) in [5.41, 5.74) is 0.798. The van der Waals surface area contributed by atoms with E-state index in [-0.39, 0.29) is 17.1 Å². The predicted octanol–water partition coefficient (Wildman–Crippen LogP) is 2.40. The second-order valence-electron chi connectivity index (χ2n) is 2.95. The highest BCUT2D eigenvalue weighted by molar-refractivity contribution is 6.25. The third-order valence-corrected chi connectivity index (χ3v) is 1.95. The largest absolute Gasteiger partial charge is 0.294 e. The Morgan fingerprint density at radius 1 is 1.14 bits per heavy atom. The molecule has 2 heteroatoms. The molecule has 0 saturated carbocycles. The second-order valence-corrected chi connectivity index (χ2v) is 2.95. The van der Waals surface area contributed by atoms with Crippen LogP contribution in [0.3, 0.4) is 0 Å². The van der Waals surface area contributed by atoms with E-state index in [2.05, 4.69) is 0 Å². The molecule has 1 aromatic carbocycles. The normalized spacial score (nSPS) is 11.1. The molecule has 0 bridgehead atoms. The zero-order valence-electron chi connectivity index (χ0n) is 8.28. The van der Waals surface area contributed by atoms with Gasteiger partial charge in [-0.3, -0.25) is 9.59 Å². The van der Waals surface area contributed by atoms with Crippen molar-refractivity contribution < 1.29 is 9.59 Å². The average molecular weight is 188 g/mol. The van der Waals surface area contributed by atoms with Crippen LogP contribution in [0.4, 0.5) is 0 Å². The summed E-state index contributed by atoms with van der Waals surface area (Å²) in [5, 5.41) is 0. The van der Waals surface area contributed by atoms with Crippen molar-refractivity contribution in [3.05, 3.63) is 47.5 Å². The van der Waals surface area contributed by atoms with E-state index in [1.165, 1.54) is 6.92 Å². The molecule has 0 aliphatic rings. The summed E-state index contributed by atoms with van der Waals surface area (Å²) >= 11 is 0. The van der Waals surface area contributed by atoms with Crippen LogP contribution in [0.2, 0.25) is 0 Å². The SMILES string of the molecule is C/C=C(/C(C)=O)C(=O)c1ccccc1. The summed E-state index contributed by atoms with van der Waals surface area (Å²) in [6.45, 7) is 3.09. The maximum atomic E-state index is 11.7. The Kier molecular flexibility index (Phi) is 3.35. The monoisotopic (exact) mass is 188 g/mol. The van der Waals surface area contributed by atoms with Crippen molar-refractivity contribution >= 4 is 11.6 Å². The van der Waals surface area contributed by atoms with Crippen molar-refractivity contribution in [3.8, 4) is 0 Å². The van der Waals surface area contributed by atoms with Gasteiger partial charge in [0.1, 0.15) is 0 Å². The van der Waals surface area contributed by atoms with Crippen LogP contribution in [0.1, 0.15) is 24.2 Å². The Morgan fingerprint density at radius 3 is 2.14 bits per heavy atom.